The first-order valence-corrected chi connectivity index (χ1v) is 7.58. The van der Waals surface area contributed by atoms with Crippen molar-refractivity contribution in [3.05, 3.63) is 33.8 Å². The van der Waals surface area contributed by atoms with Gasteiger partial charge in [0.25, 0.3) is 5.91 Å². The molecule has 1 aliphatic rings. The Morgan fingerprint density at radius 3 is 2.68 bits per heavy atom. The average molecular weight is 325 g/mol. The minimum absolute atomic E-state index is 0.0309. The molecule has 1 N–H and O–H groups in total. The Kier molecular flexibility index (Phi) is 4.99. The van der Waals surface area contributed by atoms with Crippen molar-refractivity contribution < 1.29 is 4.79 Å². The molecule has 1 heterocycles. The summed E-state index contributed by atoms with van der Waals surface area (Å²) in [5, 5.41) is 3.06. The van der Waals surface area contributed by atoms with Crippen molar-refractivity contribution in [2.75, 3.05) is 26.7 Å². The summed E-state index contributed by atoms with van der Waals surface area (Å²) in [5.41, 5.74) is 1.83. The fourth-order valence-electron chi connectivity index (χ4n) is 2.47. The molecule has 0 bridgehead atoms. The highest BCUT2D eigenvalue weighted by atomic mass is 79.9. The van der Waals surface area contributed by atoms with Gasteiger partial charge in [0.05, 0.1) is 0 Å². The van der Waals surface area contributed by atoms with Crippen LogP contribution in [0.4, 0.5) is 0 Å². The van der Waals surface area contributed by atoms with E-state index in [1.807, 2.05) is 25.1 Å². The smallest absolute Gasteiger partial charge is 0.251 e. The van der Waals surface area contributed by atoms with Crippen LogP contribution in [0, 0.1) is 12.8 Å². The third-order valence-corrected chi connectivity index (χ3v) is 4.15. The van der Waals surface area contributed by atoms with E-state index >= 15 is 0 Å². The highest BCUT2D eigenvalue weighted by molar-refractivity contribution is 9.10. The van der Waals surface area contributed by atoms with Crippen LogP contribution in [0.1, 0.15) is 28.8 Å². The number of amides is 1. The van der Waals surface area contributed by atoms with E-state index in [1.165, 1.54) is 12.8 Å². The van der Waals surface area contributed by atoms with Crippen LogP contribution < -0.4 is 5.32 Å². The zero-order chi connectivity index (χ0) is 13.8. The minimum atomic E-state index is 0.0309. The molecule has 1 fully saturated rings. The van der Waals surface area contributed by atoms with Gasteiger partial charge in [0.15, 0.2) is 0 Å². The normalized spacial score (nSPS) is 17.4. The Morgan fingerprint density at radius 2 is 2.05 bits per heavy atom. The lowest BCUT2D eigenvalue weighted by molar-refractivity contribution is 0.0939. The van der Waals surface area contributed by atoms with Crippen molar-refractivity contribution in [3.63, 3.8) is 0 Å². The molecule has 0 spiro atoms. The molecule has 0 atom stereocenters. The van der Waals surface area contributed by atoms with Gasteiger partial charge in [-0.1, -0.05) is 15.9 Å². The van der Waals surface area contributed by atoms with Crippen LogP contribution in [0.2, 0.25) is 0 Å². The second-order valence-corrected chi connectivity index (χ2v) is 6.39. The SMILES string of the molecule is Cc1cc(Br)cc(C(=O)NCC2CCN(C)CC2)c1. The van der Waals surface area contributed by atoms with Crippen molar-refractivity contribution in [2.24, 2.45) is 5.92 Å². The maximum absolute atomic E-state index is 12.1. The van der Waals surface area contributed by atoms with Gasteiger partial charge in [-0.3, -0.25) is 4.79 Å². The molecule has 4 heteroatoms. The number of nitrogens with one attached hydrogen (secondary N) is 1. The number of hydrogen-bond acceptors (Lipinski definition) is 2. The number of carbonyl (C=O) groups is 1. The lowest BCUT2D eigenvalue weighted by atomic mass is 9.97. The van der Waals surface area contributed by atoms with Gasteiger partial charge in [0.1, 0.15) is 0 Å². The summed E-state index contributed by atoms with van der Waals surface area (Å²) in [7, 11) is 2.15. The largest absolute Gasteiger partial charge is 0.352 e. The topological polar surface area (TPSA) is 32.3 Å². The second-order valence-electron chi connectivity index (χ2n) is 5.47. The summed E-state index contributed by atoms with van der Waals surface area (Å²) < 4.78 is 0.956. The van der Waals surface area contributed by atoms with Crippen LogP contribution in [0.5, 0.6) is 0 Å². The quantitative estimate of drug-likeness (QED) is 0.927. The fraction of sp³-hybridized carbons (Fsp3) is 0.533. The zero-order valence-corrected chi connectivity index (χ0v) is 13.2. The Bertz CT molecular complexity index is 433. The molecule has 1 aromatic rings. The number of halogens is 1. The third-order valence-electron chi connectivity index (χ3n) is 3.69. The molecular weight excluding hydrogens is 304 g/mol. The summed E-state index contributed by atoms with van der Waals surface area (Å²) in [5.74, 6) is 0.650. The van der Waals surface area contributed by atoms with Crippen molar-refractivity contribution in [3.8, 4) is 0 Å². The molecule has 104 valence electrons. The molecule has 1 aliphatic heterocycles. The molecule has 0 saturated carbocycles. The van der Waals surface area contributed by atoms with E-state index in [9.17, 15) is 4.79 Å². The Morgan fingerprint density at radius 1 is 1.37 bits per heavy atom. The number of nitrogens with zero attached hydrogens (tertiary/aromatic N) is 1. The molecule has 19 heavy (non-hydrogen) atoms. The van der Waals surface area contributed by atoms with Crippen LogP contribution in [0.25, 0.3) is 0 Å². The number of carbonyl (C=O) groups excluding carboxylic acids is 1. The molecule has 0 radical (unpaired) electrons. The van der Waals surface area contributed by atoms with Crippen molar-refractivity contribution in [1.29, 1.82) is 0 Å². The van der Waals surface area contributed by atoms with Gasteiger partial charge in [-0.15, -0.1) is 0 Å². The molecule has 3 nitrogen and oxygen atoms in total. The van der Waals surface area contributed by atoms with Gasteiger partial charge < -0.3 is 10.2 Å². The van der Waals surface area contributed by atoms with Gasteiger partial charge in [0.2, 0.25) is 0 Å². The maximum atomic E-state index is 12.1. The maximum Gasteiger partial charge on any atom is 0.251 e. The summed E-state index contributed by atoms with van der Waals surface area (Å²) in [6.07, 6.45) is 2.35. The highest BCUT2D eigenvalue weighted by Crippen LogP contribution is 2.17. The molecule has 0 aliphatic carbocycles. The third kappa shape index (κ3) is 4.32. The van der Waals surface area contributed by atoms with Crippen molar-refractivity contribution in [1.82, 2.24) is 10.2 Å². The molecule has 1 amide bonds. The predicted octanol–water partition coefficient (Wildman–Crippen LogP) is 2.83. The molecule has 2 rings (SSSR count). The van der Waals surface area contributed by atoms with E-state index in [0.717, 1.165) is 35.2 Å². The van der Waals surface area contributed by atoms with E-state index in [4.69, 9.17) is 0 Å². The first kappa shape index (κ1) is 14.5. The predicted molar refractivity (Wildman–Crippen MR) is 81.4 cm³/mol. The van der Waals surface area contributed by atoms with Gasteiger partial charge in [-0.25, -0.2) is 0 Å². The second kappa shape index (κ2) is 6.53. The molecule has 1 saturated heterocycles. The van der Waals surface area contributed by atoms with E-state index in [1.54, 1.807) is 0 Å². The highest BCUT2D eigenvalue weighted by Gasteiger charge is 2.17. The van der Waals surface area contributed by atoms with E-state index < -0.39 is 0 Å². The summed E-state index contributed by atoms with van der Waals surface area (Å²) in [6, 6.07) is 5.81. The lowest BCUT2D eigenvalue weighted by Gasteiger charge is -2.28. The lowest BCUT2D eigenvalue weighted by Crippen LogP contribution is -2.36. The van der Waals surface area contributed by atoms with Crippen LogP contribution in [-0.2, 0) is 0 Å². The number of rotatable bonds is 3. The number of likely N-dealkylation sites (tertiary alicyclic amines) is 1. The van der Waals surface area contributed by atoms with Gasteiger partial charge >= 0.3 is 0 Å². The standard InChI is InChI=1S/C15H21BrN2O/c1-11-7-13(9-14(16)8-11)15(19)17-10-12-3-5-18(2)6-4-12/h7-9,12H,3-6,10H2,1-2H3,(H,17,19). The monoisotopic (exact) mass is 324 g/mol. The Labute approximate surface area is 123 Å². The Hall–Kier alpha value is -0.870. The number of hydrogen-bond donors (Lipinski definition) is 1. The fourth-order valence-corrected chi connectivity index (χ4v) is 3.08. The molecule has 0 unspecified atom stereocenters. The van der Waals surface area contributed by atoms with Crippen LogP contribution >= 0.6 is 15.9 Å². The van der Waals surface area contributed by atoms with Crippen LogP contribution in [-0.4, -0.2) is 37.5 Å². The summed E-state index contributed by atoms with van der Waals surface area (Å²) in [4.78, 5) is 14.5. The number of aryl methyl sites for hydroxylation is 1. The van der Waals surface area contributed by atoms with Gasteiger partial charge in [0, 0.05) is 16.6 Å². The van der Waals surface area contributed by atoms with E-state index in [2.05, 4.69) is 33.2 Å². The molecule has 0 aromatic heterocycles. The summed E-state index contributed by atoms with van der Waals surface area (Å²) in [6.45, 7) is 5.06. The zero-order valence-electron chi connectivity index (χ0n) is 11.6. The van der Waals surface area contributed by atoms with Crippen LogP contribution in [0.3, 0.4) is 0 Å². The van der Waals surface area contributed by atoms with Gasteiger partial charge in [-0.05, 0) is 69.6 Å². The average Bonchev–Trinajstić information content (AvgIpc) is 2.36. The molecule has 1 aromatic carbocycles. The first-order chi connectivity index (χ1) is 9.04. The molecular formula is C15H21BrN2O. The van der Waals surface area contributed by atoms with Crippen molar-refractivity contribution >= 4 is 21.8 Å². The van der Waals surface area contributed by atoms with E-state index in [0.29, 0.717) is 5.92 Å². The van der Waals surface area contributed by atoms with Crippen LogP contribution in [0.15, 0.2) is 22.7 Å². The summed E-state index contributed by atoms with van der Waals surface area (Å²) >= 11 is 3.43. The first-order valence-electron chi connectivity index (χ1n) is 6.78. The Balaban J connectivity index is 1.87. The van der Waals surface area contributed by atoms with Crippen molar-refractivity contribution in [2.45, 2.75) is 19.8 Å². The van der Waals surface area contributed by atoms with Gasteiger partial charge in [-0.2, -0.15) is 0 Å². The number of piperidine rings is 1. The minimum Gasteiger partial charge on any atom is -0.352 e. The number of benzene rings is 1. The van der Waals surface area contributed by atoms with E-state index in [-0.39, 0.29) is 5.91 Å².